The molecule has 1 aliphatic heterocycles. The number of amides is 1. The third-order valence-electron chi connectivity index (χ3n) is 6.57. The van der Waals surface area contributed by atoms with Crippen molar-refractivity contribution in [3.63, 3.8) is 0 Å². The van der Waals surface area contributed by atoms with Crippen LogP contribution in [0.3, 0.4) is 0 Å². The summed E-state index contributed by atoms with van der Waals surface area (Å²) in [6.07, 6.45) is 0. The Morgan fingerprint density at radius 2 is 1.73 bits per heavy atom. The van der Waals surface area contributed by atoms with Crippen LogP contribution in [0.4, 0.5) is 10.1 Å². The van der Waals surface area contributed by atoms with Crippen LogP contribution in [-0.4, -0.2) is 71.4 Å². The van der Waals surface area contributed by atoms with E-state index in [1.165, 1.54) is 23.9 Å². The van der Waals surface area contributed by atoms with Gasteiger partial charge in [0.15, 0.2) is 5.69 Å². The summed E-state index contributed by atoms with van der Waals surface area (Å²) in [5.74, 6) is -0.783. The van der Waals surface area contributed by atoms with Gasteiger partial charge in [0.05, 0.1) is 25.1 Å². The van der Waals surface area contributed by atoms with E-state index in [1.54, 1.807) is 42.2 Å². The molecule has 0 bridgehead atoms. The van der Waals surface area contributed by atoms with E-state index in [0.29, 0.717) is 49.0 Å². The Kier molecular flexibility index (Phi) is 7.97. The van der Waals surface area contributed by atoms with Crippen LogP contribution in [0.2, 0.25) is 5.15 Å². The molecule has 1 fully saturated rings. The lowest BCUT2D eigenvalue weighted by Gasteiger charge is -2.36. The lowest BCUT2D eigenvalue weighted by Crippen LogP contribution is -2.48. The first-order chi connectivity index (χ1) is 19.4. The van der Waals surface area contributed by atoms with E-state index in [1.807, 2.05) is 24.3 Å². The quantitative estimate of drug-likeness (QED) is 0.234. The second-order valence-electron chi connectivity index (χ2n) is 9.07. The van der Waals surface area contributed by atoms with Gasteiger partial charge < -0.3 is 19.3 Å². The summed E-state index contributed by atoms with van der Waals surface area (Å²) in [5.41, 5.74) is 3.48. The monoisotopic (exact) mass is 563 g/mol. The molecule has 0 saturated carbocycles. The van der Waals surface area contributed by atoms with E-state index in [4.69, 9.17) is 21.1 Å². The minimum atomic E-state index is -0.546. The van der Waals surface area contributed by atoms with Gasteiger partial charge in [0.1, 0.15) is 11.0 Å². The molecule has 206 valence electrons. The van der Waals surface area contributed by atoms with E-state index in [9.17, 15) is 14.0 Å². The standard InChI is InChI=1S/C29H27ClFN5O4/c1-3-40-29(38)24-18-25(36(33-24)23-6-4-5-21(31)17-23)19-7-9-22(10-8-19)34-11-13-35(14-12-34)28(37)20-15-26(30)32-27(16-20)39-2/h4-10,15-18H,3,11-14H2,1-2H3. The number of halogens is 2. The molecule has 3 heterocycles. The molecule has 0 aliphatic carbocycles. The van der Waals surface area contributed by atoms with E-state index in [0.717, 1.165) is 11.3 Å². The van der Waals surface area contributed by atoms with Crippen LogP contribution in [-0.2, 0) is 4.74 Å². The fraction of sp³-hybridized carbons (Fsp3) is 0.241. The highest BCUT2D eigenvalue weighted by atomic mass is 35.5. The minimum Gasteiger partial charge on any atom is -0.481 e. The number of methoxy groups -OCH3 is 1. The Balaban J connectivity index is 1.32. The van der Waals surface area contributed by atoms with Crippen LogP contribution in [0.5, 0.6) is 5.88 Å². The van der Waals surface area contributed by atoms with E-state index < -0.39 is 11.8 Å². The van der Waals surface area contributed by atoms with Gasteiger partial charge in [0.25, 0.3) is 5.91 Å². The summed E-state index contributed by atoms with van der Waals surface area (Å²) in [4.78, 5) is 33.4. The van der Waals surface area contributed by atoms with Crippen molar-refractivity contribution < 1.29 is 23.5 Å². The number of anilines is 1. The third kappa shape index (κ3) is 5.76. The third-order valence-corrected chi connectivity index (χ3v) is 6.76. The van der Waals surface area contributed by atoms with Gasteiger partial charge in [-0.3, -0.25) is 4.79 Å². The topological polar surface area (TPSA) is 89.8 Å². The lowest BCUT2D eigenvalue weighted by atomic mass is 10.1. The van der Waals surface area contributed by atoms with Crippen molar-refractivity contribution in [3.8, 4) is 22.8 Å². The number of hydrogen-bond donors (Lipinski definition) is 0. The number of nitrogens with zero attached hydrogens (tertiary/aromatic N) is 5. The molecule has 11 heteroatoms. The lowest BCUT2D eigenvalue weighted by molar-refractivity contribution is 0.0518. The molecule has 2 aromatic carbocycles. The zero-order chi connectivity index (χ0) is 28.2. The molecule has 0 N–H and O–H groups in total. The zero-order valence-corrected chi connectivity index (χ0v) is 22.8. The second-order valence-corrected chi connectivity index (χ2v) is 9.46. The van der Waals surface area contributed by atoms with Gasteiger partial charge >= 0.3 is 5.97 Å². The summed E-state index contributed by atoms with van der Waals surface area (Å²) in [6, 6.07) is 18.6. The highest BCUT2D eigenvalue weighted by molar-refractivity contribution is 6.29. The summed E-state index contributed by atoms with van der Waals surface area (Å²) in [6.45, 7) is 4.32. The molecule has 0 unspecified atom stereocenters. The molecule has 1 aliphatic rings. The molecular formula is C29H27ClFN5O4. The summed E-state index contributed by atoms with van der Waals surface area (Å²) >= 11 is 6.04. The fourth-order valence-corrected chi connectivity index (χ4v) is 4.79. The number of esters is 1. The molecule has 0 atom stereocenters. The first-order valence-corrected chi connectivity index (χ1v) is 13.1. The van der Waals surface area contributed by atoms with Crippen LogP contribution in [0, 0.1) is 5.82 Å². The number of benzene rings is 2. The van der Waals surface area contributed by atoms with Crippen LogP contribution in [0.25, 0.3) is 16.9 Å². The number of carbonyl (C=O) groups is 2. The largest absolute Gasteiger partial charge is 0.481 e. The van der Waals surface area contributed by atoms with Crippen LogP contribution >= 0.6 is 11.6 Å². The van der Waals surface area contributed by atoms with Crippen molar-refractivity contribution in [2.45, 2.75) is 6.92 Å². The van der Waals surface area contributed by atoms with Crippen molar-refractivity contribution in [1.82, 2.24) is 19.7 Å². The Bertz CT molecular complexity index is 1530. The Hall–Kier alpha value is -4.44. The molecule has 5 rings (SSSR count). The first-order valence-electron chi connectivity index (χ1n) is 12.8. The molecule has 0 radical (unpaired) electrons. The average molecular weight is 564 g/mol. The molecule has 1 amide bonds. The van der Waals surface area contributed by atoms with Crippen molar-refractivity contribution >= 4 is 29.2 Å². The highest BCUT2D eigenvalue weighted by Crippen LogP contribution is 2.28. The van der Waals surface area contributed by atoms with Gasteiger partial charge in [-0.1, -0.05) is 29.8 Å². The maximum absolute atomic E-state index is 14.0. The molecule has 1 saturated heterocycles. The normalized spacial score (nSPS) is 13.3. The van der Waals surface area contributed by atoms with Crippen LogP contribution in [0.1, 0.15) is 27.8 Å². The maximum Gasteiger partial charge on any atom is 0.358 e. The molecule has 0 spiro atoms. The van der Waals surface area contributed by atoms with Gasteiger partial charge in [0, 0.05) is 49.1 Å². The minimum absolute atomic E-state index is 0.124. The molecule has 4 aromatic rings. The number of pyridine rings is 1. The van der Waals surface area contributed by atoms with Crippen molar-refractivity contribution in [1.29, 1.82) is 0 Å². The van der Waals surface area contributed by atoms with Crippen LogP contribution < -0.4 is 9.64 Å². The van der Waals surface area contributed by atoms with E-state index >= 15 is 0 Å². The SMILES string of the molecule is CCOC(=O)c1cc(-c2ccc(N3CCN(C(=O)c4cc(Cl)nc(OC)c4)CC3)cc2)n(-c2cccc(F)c2)n1. The van der Waals surface area contributed by atoms with Gasteiger partial charge in [-0.25, -0.2) is 18.9 Å². The number of aromatic nitrogens is 3. The van der Waals surface area contributed by atoms with Gasteiger partial charge in [-0.2, -0.15) is 5.10 Å². The molecule has 40 heavy (non-hydrogen) atoms. The smallest absolute Gasteiger partial charge is 0.358 e. The molecule has 9 nitrogen and oxygen atoms in total. The fourth-order valence-electron chi connectivity index (χ4n) is 4.59. The van der Waals surface area contributed by atoms with Crippen molar-refractivity contribution in [2.24, 2.45) is 0 Å². The highest BCUT2D eigenvalue weighted by Gasteiger charge is 2.24. The number of hydrogen-bond acceptors (Lipinski definition) is 7. The first kappa shape index (κ1) is 27.1. The van der Waals surface area contributed by atoms with E-state index in [-0.39, 0.29) is 23.4 Å². The van der Waals surface area contributed by atoms with Gasteiger partial charge in [-0.15, -0.1) is 0 Å². The molecule has 2 aromatic heterocycles. The van der Waals surface area contributed by atoms with Crippen LogP contribution in [0.15, 0.2) is 66.7 Å². The predicted octanol–water partition coefficient (Wildman–Crippen LogP) is 4.87. The zero-order valence-electron chi connectivity index (χ0n) is 22.0. The number of ether oxygens (including phenoxy) is 2. The summed E-state index contributed by atoms with van der Waals surface area (Å²) < 4.78 is 25.8. The number of rotatable bonds is 7. The summed E-state index contributed by atoms with van der Waals surface area (Å²) in [5, 5.41) is 4.61. The summed E-state index contributed by atoms with van der Waals surface area (Å²) in [7, 11) is 1.48. The van der Waals surface area contributed by atoms with Gasteiger partial charge in [-0.05, 0) is 49.4 Å². The van der Waals surface area contributed by atoms with E-state index in [2.05, 4.69) is 15.0 Å². The Morgan fingerprint density at radius 3 is 2.40 bits per heavy atom. The maximum atomic E-state index is 14.0. The average Bonchev–Trinajstić information content (AvgIpc) is 3.43. The second kappa shape index (κ2) is 11.7. The van der Waals surface area contributed by atoms with Gasteiger partial charge in [0.2, 0.25) is 5.88 Å². The predicted molar refractivity (Wildman–Crippen MR) is 149 cm³/mol. The Morgan fingerprint density at radius 1 is 0.975 bits per heavy atom. The molecular weight excluding hydrogens is 537 g/mol. The van der Waals surface area contributed by atoms with Crippen molar-refractivity contribution in [3.05, 3.63) is 89.0 Å². The Labute approximate surface area is 235 Å². The van der Waals surface area contributed by atoms with Crippen molar-refractivity contribution in [2.75, 3.05) is 44.8 Å². The number of piperazine rings is 1. The number of carbonyl (C=O) groups excluding carboxylic acids is 2.